The topological polar surface area (TPSA) is 108 Å². The first kappa shape index (κ1) is 97.2. The van der Waals surface area contributed by atoms with Gasteiger partial charge in [0.05, 0.1) is 5.71 Å². The van der Waals surface area contributed by atoms with Crippen molar-refractivity contribution in [1.29, 1.82) is 0 Å². The molecule has 6 heteroatoms. The number of aliphatic hydroxyl groups is 1. The number of oxime groups is 1. The number of hydrogen-bond acceptors (Lipinski definition) is 6. The Kier molecular flexibility index (Phi) is 570. The highest BCUT2D eigenvalue weighted by Gasteiger charge is 1.69. The van der Waals surface area contributed by atoms with Gasteiger partial charge < -0.3 is 21.0 Å². The van der Waals surface area contributed by atoms with E-state index in [1.54, 1.807) is 27.7 Å². The molecule has 0 aromatic carbocycles. The Bertz CT molecular complexity index is 269. The number of carbonyl (C=O) groups is 1. The van der Waals surface area contributed by atoms with E-state index >= 15 is 0 Å². The maximum atomic E-state index is 9.44. The number of rotatable bonds is 0. The van der Waals surface area contributed by atoms with Gasteiger partial charge in [-0.25, -0.2) is 0 Å². The molecule has 0 saturated heterocycles. The molecule has 0 amide bonds. The third-order valence-corrected chi connectivity index (χ3v) is 0.458. The van der Waals surface area contributed by atoms with Crippen LogP contribution in [-0.2, 0) is 4.79 Å². The van der Waals surface area contributed by atoms with Crippen LogP contribution in [0.25, 0.3) is 0 Å². The molecule has 6 nitrogen and oxygen atoms in total. The smallest absolute Gasteiger partial charge is 0.126 e. The summed E-state index contributed by atoms with van der Waals surface area (Å²) in [5.74, 6) is 4.93. The van der Waals surface area contributed by atoms with Crippen molar-refractivity contribution in [3.05, 3.63) is 12.2 Å². The minimum absolute atomic E-state index is 0.167. The number of nitrogens with zero attached hydrogens (tertiary/aromatic N) is 2. The molecule has 42 heavy (non-hydrogen) atoms. The van der Waals surface area contributed by atoms with E-state index in [4.69, 9.17) is 16.2 Å². The fourth-order valence-corrected chi connectivity index (χ4v) is 0. The van der Waals surface area contributed by atoms with Crippen LogP contribution >= 0.6 is 0 Å². The zero-order valence-corrected chi connectivity index (χ0v) is 36.1. The molecule has 0 aliphatic rings. The second-order valence-electron chi connectivity index (χ2n) is 5.33. The van der Waals surface area contributed by atoms with Gasteiger partial charge in [-0.05, 0) is 69.2 Å². The number of hydrazone groups is 1. The van der Waals surface area contributed by atoms with Crippen molar-refractivity contribution in [3.63, 3.8) is 0 Å². The number of carbonyl (C=O) groups excluding carboxylic acids is 1. The summed E-state index contributed by atoms with van der Waals surface area (Å²) < 4.78 is 0. The van der Waals surface area contributed by atoms with Gasteiger partial charge in [-0.2, -0.15) is 5.10 Å². The summed E-state index contributed by atoms with van der Waals surface area (Å²) in [6.07, 6.45) is -0.167. The minimum atomic E-state index is -0.167. The Morgan fingerprint density at radius 1 is 0.524 bits per heavy atom. The molecule has 0 saturated carbocycles. The lowest BCUT2D eigenvalue weighted by molar-refractivity contribution is -0.115. The van der Waals surface area contributed by atoms with E-state index in [-0.39, 0.29) is 11.9 Å². The predicted molar refractivity (Wildman–Crippen MR) is 211 cm³/mol. The molecule has 0 atom stereocenters. The molecule has 0 bridgehead atoms. The predicted octanol–water partition coefficient (Wildman–Crippen LogP) is 14.0. The van der Waals surface area contributed by atoms with Crippen molar-refractivity contribution in [2.75, 3.05) is 0 Å². The van der Waals surface area contributed by atoms with E-state index in [0.29, 0.717) is 5.71 Å². The number of aliphatic hydroxyl groups excluding tert-OH is 1. The fraction of sp³-hybridized carbons (Fsp3) is 0.861. The molecule has 4 N–H and O–H groups in total. The maximum absolute atomic E-state index is 9.44. The van der Waals surface area contributed by atoms with Crippen LogP contribution in [0.5, 0.6) is 0 Å². The Balaban J connectivity index is -0.0000000146. The lowest BCUT2D eigenvalue weighted by Crippen LogP contribution is -1.86. The van der Waals surface area contributed by atoms with Gasteiger partial charge in [0.25, 0.3) is 0 Å². The van der Waals surface area contributed by atoms with Gasteiger partial charge in [-0.3, -0.25) is 0 Å². The molecule has 0 radical (unpaired) electrons. The van der Waals surface area contributed by atoms with Crippen LogP contribution in [0.2, 0.25) is 0 Å². The molecule has 0 spiro atoms. The fourth-order valence-electron chi connectivity index (χ4n) is 0. The maximum Gasteiger partial charge on any atom is 0.126 e. The van der Waals surface area contributed by atoms with E-state index in [1.165, 1.54) is 19.4 Å². The van der Waals surface area contributed by atoms with Gasteiger partial charge in [0.15, 0.2) is 0 Å². The molecule has 0 fully saturated rings. The Morgan fingerprint density at radius 2 is 0.571 bits per heavy atom. The third-order valence-electron chi connectivity index (χ3n) is 0.458. The van der Waals surface area contributed by atoms with Crippen molar-refractivity contribution in [2.45, 2.75) is 214 Å². The molecule has 0 aromatic rings. The number of allylic oxidation sites excluding steroid dienone is 1. The molecule has 0 aliphatic heterocycles. The molecule has 0 aliphatic carbocycles. The summed E-state index contributed by atoms with van der Waals surface area (Å²) in [4.78, 5) is 9.44. The second kappa shape index (κ2) is 246. The standard InChI is InChI=1S/C4H8.C3H8N2.C3H7NO.C3H8O.C3H6O.10C2H6/c1-4(2)3;1-3(2)5-4;1-3(2)4-5;2*1-3(2)4;10*1-2/h1H2,2-3H3;4H2,1-2H3;5H,1-2H3;3-4H,1-2H3;1-2H3;10*1-2H3. The van der Waals surface area contributed by atoms with Crippen molar-refractivity contribution in [1.82, 2.24) is 0 Å². The molecular formula is C36H97N3O3. The number of ketones is 1. The van der Waals surface area contributed by atoms with Crippen LogP contribution in [0.4, 0.5) is 0 Å². The summed E-state index contributed by atoms with van der Waals surface area (Å²) in [7, 11) is 0. The Labute approximate surface area is 274 Å². The number of nitrogens with two attached hydrogens (primary N) is 1. The average molecular weight is 620 g/mol. The zero-order valence-electron chi connectivity index (χ0n) is 36.1. The molecule has 0 heterocycles. The average Bonchev–Trinajstić information content (AvgIpc) is 3.02. The summed E-state index contributed by atoms with van der Waals surface area (Å²) >= 11 is 0. The largest absolute Gasteiger partial charge is 0.411 e. The Morgan fingerprint density at radius 3 is 0.571 bits per heavy atom. The van der Waals surface area contributed by atoms with Crippen molar-refractivity contribution >= 4 is 17.2 Å². The zero-order chi connectivity index (χ0) is 39.3. The normalized spacial score (nSPS) is 5.14. The van der Waals surface area contributed by atoms with E-state index in [0.717, 1.165) is 5.71 Å². The van der Waals surface area contributed by atoms with Crippen molar-refractivity contribution < 1.29 is 15.1 Å². The van der Waals surface area contributed by atoms with Crippen molar-refractivity contribution in [2.24, 2.45) is 16.1 Å². The first-order valence-corrected chi connectivity index (χ1v) is 16.9. The summed E-state index contributed by atoms with van der Waals surface area (Å²) in [5, 5.41) is 21.9. The van der Waals surface area contributed by atoms with Gasteiger partial charge in [0, 0.05) is 11.8 Å². The van der Waals surface area contributed by atoms with Gasteiger partial charge in [0.1, 0.15) is 5.78 Å². The van der Waals surface area contributed by atoms with Crippen LogP contribution in [-0.4, -0.2) is 33.6 Å². The first-order chi connectivity index (χ1) is 19.7. The highest BCUT2D eigenvalue weighted by molar-refractivity contribution is 5.78. The van der Waals surface area contributed by atoms with Gasteiger partial charge >= 0.3 is 0 Å². The lowest BCUT2D eigenvalue weighted by atomic mass is 10.4. The quantitative estimate of drug-likeness (QED) is 0.0823. The molecule has 0 rings (SSSR count). The van der Waals surface area contributed by atoms with Crippen LogP contribution < -0.4 is 5.84 Å². The monoisotopic (exact) mass is 620 g/mol. The number of hydrogen-bond donors (Lipinski definition) is 3. The SMILES string of the molecule is C=C(C)C.CC.CC.CC.CC.CC.CC.CC.CC.CC.CC.CC(C)=NN.CC(C)=NO.CC(C)=O.CC(C)O. The second-order valence-corrected chi connectivity index (χ2v) is 5.33. The Hall–Kier alpha value is -1.69. The molecular weight excluding hydrogens is 522 g/mol. The minimum Gasteiger partial charge on any atom is -0.411 e. The summed E-state index contributed by atoms with van der Waals surface area (Å²) in [6.45, 7) is 61.1. The van der Waals surface area contributed by atoms with E-state index in [1.807, 2.05) is 166 Å². The third kappa shape index (κ3) is 9990. The number of Topliss-reactive ketones (excluding diaryl/α,β-unsaturated/α-hetero) is 1. The van der Waals surface area contributed by atoms with Crippen LogP contribution in [0.3, 0.4) is 0 Å². The highest BCUT2D eigenvalue weighted by Crippen LogP contribution is 1.73. The lowest BCUT2D eigenvalue weighted by Gasteiger charge is -1.80. The van der Waals surface area contributed by atoms with E-state index in [9.17, 15) is 4.79 Å². The van der Waals surface area contributed by atoms with Gasteiger partial charge in [-0.15, -0.1) is 6.58 Å². The molecule has 0 aromatic heterocycles. The summed E-state index contributed by atoms with van der Waals surface area (Å²) in [6, 6.07) is 0. The van der Waals surface area contributed by atoms with Crippen molar-refractivity contribution in [3.8, 4) is 0 Å². The van der Waals surface area contributed by atoms with Gasteiger partial charge in [-0.1, -0.05) is 149 Å². The highest BCUT2D eigenvalue weighted by atomic mass is 16.4. The van der Waals surface area contributed by atoms with E-state index < -0.39 is 0 Å². The van der Waals surface area contributed by atoms with Crippen LogP contribution in [0, 0.1) is 0 Å². The van der Waals surface area contributed by atoms with Gasteiger partial charge in [0.2, 0.25) is 0 Å². The summed E-state index contributed by atoms with van der Waals surface area (Å²) in [5.41, 5.74) is 2.76. The van der Waals surface area contributed by atoms with E-state index in [2.05, 4.69) is 16.8 Å². The molecule has 274 valence electrons. The van der Waals surface area contributed by atoms with Crippen LogP contribution in [0.15, 0.2) is 22.4 Å². The molecule has 0 unspecified atom stereocenters. The first-order valence-electron chi connectivity index (χ1n) is 16.9. The van der Waals surface area contributed by atoms with Crippen LogP contribution in [0.1, 0.15) is 208 Å².